The molecule has 0 aromatic heterocycles. The predicted molar refractivity (Wildman–Crippen MR) is 292 cm³/mol. The molecular formula is C61H121NO4. The molecule has 0 aliphatic rings. The van der Waals surface area contributed by atoms with Crippen LogP contribution in [0.1, 0.15) is 348 Å². The summed E-state index contributed by atoms with van der Waals surface area (Å²) in [5, 5.41) is 33.3. The maximum atomic E-state index is 12.5. The van der Waals surface area contributed by atoms with Gasteiger partial charge in [0.2, 0.25) is 5.91 Å². The van der Waals surface area contributed by atoms with Crippen molar-refractivity contribution in [3.8, 4) is 0 Å². The molecule has 5 nitrogen and oxygen atoms in total. The largest absolute Gasteiger partial charge is 0.394 e. The van der Waals surface area contributed by atoms with Crippen molar-refractivity contribution in [3.05, 3.63) is 12.2 Å². The molecule has 0 radical (unpaired) electrons. The second-order valence-corrected chi connectivity index (χ2v) is 21.3. The molecule has 0 fully saturated rings. The number of aliphatic hydroxyl groups is 3. The van der Waals surface area contributed by atoms with Crippen LogP contribution < -0.4 is 5.32 Å². The van der Waals surface area contributed by atoms with E-state index in [0.717, 1.165) is 32.1 Å². The van der Waals surface area contributed by atoms with Crippen molar-refractivity contribution in [2.75, 3.05) is 6.61 Å². The highest BCUT2D eigenvalue weighted by atomic mass is 16.3. The van der Waals surface area contributed by atoms with Crippen molar-refractivity contribution >= 4 is 5.91 Å². The summed E-state index contributed by atoms with van der Waals surface area (Å²) in [6, 6.07) is -0.793. The van der Waals surface area contributed by atoms with Gasteiger partial charge in [-0.3, -0.25) is 4.79 Å². The minimum Gasteiger partial charge on any atom is -0.394 e. The van der Waals surface area contributed by atoms with Gasteiger partial charge in [-0.1, -0.05) is 341 Å². The van der Waals surface area contributed by atoms with Crippen molar-refractivity contribution in [1.29, 1.82) is 0 Å². The summed E-state index contributed by atoms with van der Waals surface area (Å²) in [5.41, 5.74) is 0. The molecule has 0 spiro atoms. The van der Waals surface area contributed by atoms with E-state index in [4.69, 9.17) is 0 Å². The van der Waals surface area contributed by atoms with Crippen molar-refractivity contribution < 1.29 is 20.1 Å². The molecule has 0 aliphatic heterocycles. The fourth-order valence-electron chi connectivity index (χ4n) is 9.90. The summed E-state index contributed by atoms with van der Waals surface area (Å²) < 4.78 is 0. The molecule has 1 amide bonds. The first-order chi connectivity index (χ1) is 32.6. The van der Waals surface area contributed by atoms with Crippen LogP contribution >= 0.6 is 0 Å². The first kappa shape index (κ1) is 65.1. The Morgan fingerprint density at radius 3 is 0.833 bits per heavy atom. The zero-order valence-corrected chi connectivity index (χ0v) is 45.1. The normalized spacial score (nSPS) is 13.2. The molecule has 0 heterocycles. The third kappa shape index (κ3) is 51.0. The molecule has 3 unspecified atom stereocenters. The molecule has 0 aliphatic carbocycles. The SMILES string of the molecule is CCCCCCCCCCCCCC/C=C/C(O)C(CO)NC(=O)C(O)CCCCCCCCCCCCCCCCCCCCCCCCCCCCCCCCCCCCCCCC. The molecular weight excluding hydrogens is 811 g/mol. The lowest BCUT2D eigenvalue weighted by Crippen LogP contribution is -2.48. The first-order valence-corrected chi connectivity index (χ1v) is 30.5. The minimum atomic E-state index is -1.09. The lowest BCUT2D eigenvalue weighted by Gasteiger charge is -2.21. The topological polar surface area (TPSA) is 89.8 Å². The second-order valence-electron chi connectivity index (χ2n) is 21.3. The molecule has 0 saturated carbocycles. The Labute approximate surface area is 414 Å². The molecule has 0 aromatic carbocycles. The maximum Gasteiger partial charge on any atom is 0.249 e. The van der Waals surface area contributed by atoms with Gasteiger partial charge in [-0.25, -0.2) is 0 Å². The van der Waals surface area contributed by atoms with Crippen LogP contribution in [0.3, 0.4) is 0 Å². The fraction of sp³-hybridized carbons (Fsp3) is 0.951. The fourth-order valence-corrected chi connectivity index (χ4v) is 9.90. The molecule has 4 N–H and O–H groups in total. The summed E-state index contributed by atoms with van der Waals surface area (Å²) in [6.45, 7) is 4.21. The third-order valence-electron chi connectivity index (χ3n) is 14.6. The van der Waals surface area contributed by atoms with E-state index in [-0.39, 0.29) is 6.61 Å². The van der Waals surface area contributed by atoms with Gasteiger partial charge in [0.05, 0.1) is 18.8 Å². The lowest BCUT2D eigenvalue weighted by molar-refractivity contribution is -0.131. The monoisotopic (exact) mass is 932 g/mol. The van der Waals surface area contributed by atoms with Crippen LogP contribution in [0.5, 0.6) is 0 Å². The lowest BCUT2D eigenvalue weighted by atomic mass is 10.0. The van der Waals surface area contributed by atoms with Gasteiger partial charge < -0.3 is 20.6 Å². The Kier molecular flexibility index (Phi) is 55.9. The van der Waals surface area contributed by atoms with Crippen LogP contribution in [0.15, 0.2) is 12.2 Å². The van der Waals surface area contributed by atoms with Crippen LogP contribution in [0.2, 0.25) is 0 Å². The molecule has 394 valence electrons. The van der Waals surface area contributed by atoms with E-state index >= 15 is 0 Å². The molecule has 66 heavy (non-hydrogen) atoms. The van der Waals surface area contributed by atoms with Crippen molar-refractivity contribution in [3.63, 3.8) is 0 Å². The number of carbonyl (C=O) groups is 1. The van der Waals surface area contributed by atoms with E-state index in [1.807, 2.05) is 6.08 Å². The Balaban J connectivity index is 3.41. The highest BCUT2D eigenvalue weighted by molar-refractivity contribution is 5.80. The second kappa shape index (κ2) is 56.7. The summed E-state index contributed by atoms with van der Waals surface area (Å²) in [7, 11) is 0. The van der Waals surface area contributed by atoms with Crippen LogP contribution in [-0.2, 0) is 4.79 Å². The Morgan fingerprint density at radius 1 is 0.364 bits per heavy atom. The van der Waals surface area contributed by atoms with Gasteiger partial charge in [0.25, 0.3) is 0 Å². The van der Waals surface area contributed by atoms with Crippen LogP contribution in [0.4, 0.5) is 0 Å². The molecule has 0 saturated heterocycles. The van der Waals surface area contributed by atoms with E-state index in [9.17, 15) is 20.1 Å². The Hall–Kier alpha value is -0.910. The average molecular weight is 933 g/mol. The van der Waals surface area contributed by atoms with E-state index in [1.54, 1.807) is 6.08 Å². The van der Waals surface area contributed by atoms with E-state index in [1.165, 1.54) is 295 Å². The van der Waals surface area contributed by atoms with Gasteiger partial charge in [0.15, 0.2) is 0 Å². The zero-order valence-electron chi connectivity index (χ0n) is 45.1. The Bertz CT molecular complexity index is 940. The van der Waals surface area contributed by atoms with Gasteiger partial charge in [-0.15, -0.1) is 0 Å². The standard InChI is InChI=1S/C61H121NO4/c1-3-5-7-9-11-13-15-17-19-20-21-22-23-24-25-26-27-28-29-30-31-32-33-34-35-36-37-38-39-40-41-42-44-46-48-50-52-54-56-60(65)61(66)62-58(57-63)59(64)55-53-51-49-47-45-43-18-16-14-12-10-8-6-4-2/h53,55,58-60,63-65H,3-52,54,56-57H2,1-2H3,(H,62,66)/b55-53+. The van der Waals surface area contributed by atoms with Gasteiger partial charge in [-0.2, -0.15) is 0 Å². The summed E-state index contributed by atoms with van der Waals surface area (Å²) in [6.07, 6.45) is 71.9. The number of allylic oxidation sites excluding steroid dienone is 1. The predicted octanol–water partition coefficient (Wildman–Crippen LogP) is 19.1. The van der Waals surface area contributed by atoms with Crippen molar-refractivity contribution in [1.82, 2.24) is 5.32 Å². The van der Waals surface area contributed by atoms with Gasteiger partial charge in [-0.05, 0) is 19.3 Å². The smallest absolute Gasteiger partial charge is 0.249 e. The minimum absolute atomic E-state index is 0.359. The Morgan fingerprint density at radius 2 is 0.591 bits per heavy atom. The number of rotatable bonds is 57. The number of unbranched alkanes of at least 4 members (excludes halogenated alkanes) is 49. The third-order valence-corrected chi connectivity index (χ3v) is 14.6. The quantitative estimate of drug-likeness (QED) is 0.0361. The number of hydrogen-bond donors (Lipinski definition) is 4. The van der Waals surface area contributed by atoms with E-state index < -0.39 is 24.2 Å². The molecule has 0 rings (SSSR count). The molecule has 0 bridgehead atoms. The number of nitrogens with one attached hydrogen (secondary N) is 1. The molecule has 0 aromatic rings. The number of hydrogen-bond acceptors (Lipinski definition) is 4. The van der Waals surface area contributed by atoms with Crippen LogP contribution in [-0.4, -0.2) is 46.1 Å². The highest BCUT2D eigenvalue weighted by Gasteiger charge is 2.22. The summed E-state index contributed by atoms with van der Waals surface area (Å²) in [4.78, 5) is 12.5. The van der Waals surface area contributed by atoms with Gasteiger partial charge in [0.1, 0.15) is 6.10 Å². The van der Waals surface area contributed by atoms with E-state index in [0.29, 0.717) is 6.42 Å². The van der Waals surface area contributed by atoms with Crippen molar-refractivity contribution in [2.45, 2.75) is 366 Å². The van der Waals surface area contributed by atoms with E-state index in [2.05, 4.69) is 19.2 Å². The van der Waals surface area contributed by atoms with Crippen LogP contribution in [0, 0.1) is 0 Å². The average Bonchev–Trinajstić information content (AvgIpc) is 3.32. The highest BCUT2D eigenvalue weighted by Crippen LogP contribution is 2.19. The molecule has 5 heteroatoms. The summed E-state index contributed by atoms with van der Waals surface area (Å²) >= 11 is 0. The first-order valence-electron chi connectivity index (χ1n) is 30.5. The van der Waals surface area contributed by atoms with Gasteiger partial charge in [0, 0.05) is 0 Å². The molecule has 3 atom stereocenters. The van der Waals surface area contributed by atoms with Gasteiger partial charge >= 0.3 is 0 Å². The number of carbonyl (C=O) groups excluding carboxylic acids is 1. The number of aliphatic hydroxyl groups excluding tert-OH is 3. The number of amides is 1. The van der Waals surface area contributed by atoms with Crippen molar-refractivity contribution in [2.24, 2.45) is 0 Å². The zero-order chi connectivity index (χ0) is 47.9. The maximum absolute atomic E-state index is 12.5. The summed E-state index contributed by atoms with van der Waals surface area (Å²) in [5.74, 6) is -0.496. The van der Waals surface area contributed by atoms with Crippen LogP contribution in [0.25, 0.3) is 0 Å².